The summed E-state index contributed by atoms with van der Waals surface area (Å²) in [7, 11) is 1.83. The summed E-state index contributed by atoms with van der Waals surface area (Å²) in [6.07, 6.45) is 8.73. The van der Waals surface area contributed by atoms with Crippen LogP contribution in [0.5, 0.6) is 0 Å². The molecule has 1 aliphatic carbocycles. The van der Waals surface area contributed by atoms with Crippen molar-refractivity contribution in [3.8, 4) is 0 Å². The smallest absolute Gasteiger partial charge is 0.410 e. The first-order valence-corrected chi connectivity index (χ1v) is 13.3. The number of amides is 2. The zero-order chi connectivity index (χ0) is 25.3. The van der Waals surface area contributed by atoms with Crippen LogP contribution in [0.2, 0.25) is 0 Å². The van der Waals surface area contributed by atoms with Crippen LogP contribution in [-0.4, -0.2) is 70.7 Å². The summed E-state index contributed by atoms with van der Waals surface area (Å²) in [5, 5.41) is 3.53. The van der Waals surface area contributed by atoms with E-state index in [4.69, 9.17) is 9.72 Å². The number of hydrogen-bond acceptors (Lipinski definition) is 7. The molecule has 9 heteroatoms. The predicted octanol–water partition coefficient (Wildman–Crippen LogP) is 4.43. The lowest BCUT2D eigenvalue weighted by Gasteiger charge is -2.43. The van der Waals surface area contributed by atoms with Gasteiger partial charge in [-0.25, -0.2) is 9.78 Å². The maximum Gasteiger partial charge on any atom is 0.410 e. The molecule has 3 aliphatic rings. The summed E-state index contributed by atoms with van der Waals surface area (Å²) >= 11 is 0. The molecule has 1 saturated heterocycles. The Kier molecular flexibility index (Phi) is 7.43. The number of ether oxygens (including phenoxy) is 1. The number of nitrogens with one attached hydrogen (secondary N) is 1. The van der Waals surface area contributed by atoms with Crippen molar-refractivity contribution in [3.05, 3.63) is 6.20 Å². The molecule has 2 amide bonds. The first-order valence-electron chi connectivity index (χ1n) is 13.3. The van der Waals surface area contributed by atoms with E-state index in [-0.39, 0.29) is 24.1 Å². The predicted molar refractivity (Wildman–Crippen MR) is 138 cm³/mol. The van der Waals surface area contributed by atoms with Gasteiger partial charge in [0, 0.05) is 32.2 Å². The molecule has 0 spiro atoms. The van der Waals surface area contributed by atoms with Gasteiger partial charge in [0.15, 0.2) is 5.82 Å². The van der Waals surface area contributed by atoms with Gasteiger partial charge in [-0.3, -0.25) is 4.79 Å². The summed E-state index contributed by atoms with van der Waals surface area (Å²) in [6.45, 7) is 11.3. The van der Waals surface area contributed by atoms with E-state index in [1.165, 1.54) is 12.8 Å². The van der Waals surface area contributed by atoms with E-state index in [9.17, 15) is 9.59 Å². The van der Waals surface area contributed by atoms with Gasteiger partial charge in [-0.2, -0.15) is 4.98 Å². The van der Waals surface area contributed by atoms with Gasteiger partial charge in [0.25, 0.3) is 0 Å². The molecule has 1 saturated carbocycles. The molecular weight excluding hydrogens is 444 g/mol. The molecule has 1 unspecified atom stereocenters. The van der Waals surface area contributed by atoms with E-state index in [2.05, 4.69) is 29.0 Å². The third-order valence-corrected chi connectivity index (χ3v) is 7.67. The fourth-order valence-corrected chi connectivity index (χ4v) is 5.68. The second kappa shape index (κ2) is 10.2. The number of rotatable bonds is 5. The van der Waals surface area contributed by atoms with Crippen LogP contribution in [0, 0.1) is 5.92 Å². The standard InChI is InChI=1S/C26H42N6O3/c1-7-20-23(33)30(6)21-16-27-24(29-22(21)32(20)19-10-8-9-11-19)28-17(2)18-12-14-31(15-13-18)25(34)35-26(3,4)5/h16-20H,7-15H2,1-6H3,(H,27,28,29)/t17?,20-/m1/s1. The number of carbonyl (C=O) groups excluding carboxylic acids is 2. The number of likely N-dealkylation sites (N-methyl/N-ethyl adjacent to an activating group) is 1. The number of likely N-dealkylation sites (tertiary alicyclic amines) is 1. The minimum atomic E-state index is -0.478. The number of carbonyl (C=O) groups is 2. The van der Waals surface area contributed by atoms with Crippen LogP contribution in [0.25, 0.3) is 0 Å². The number of hydrogen-bond donors (Lipinski definition) is 1. The first kappa shape index (κ1) is 25.5. The Balaban J connectivity index is 1.45. The first-order chi connectivity index (χ1) is 16.6. The molecule has 0 bridgehead atoms. The number of fused-ring (bicyclic) bond motifs is 1. The van der Waals surface area contributed by atoms with Crippen molar-refractivity contribution < 1.29 is 14.3 Å². The molecule has 2 fully saturated rings. The largest absolute Gasteiger partial charge is 0.444 e. The Labute approximate surface area is 209 Å². The topological polar surface area (TPSA) is 90.9 Å². The number of aromatic nitrogens is 2. The van der Waals surface area contributed by atoms with Crippen molar-refractivity contribution in [1.29, 1.82) is 0 Å². The molecule has 3 heterocycles. The minimum Gasteiger partial charge on any atom is -0.444 e. The van der Waals surface area contributed by atoms with Crippen molar-refractivity contribution in [1.82, 2.24) is 14.9 Å². The lowest BCUT2D eigenvalue weighted by molar-refractivity contribution is -0.120. The molecule has 2 atom stereocenters. The highest BCUT2D eigenvalue weighted by Gasteiger charge is 2.41. The molecule has 4 rings (SSSR count). The monoisotopic (exact) mass is 486 g/mol. The zero-order valence-corrected chi connectivity index (χ0v) is 22.2. The maximum absolute atomic E-state index is 13.1. The van der Waals surface area contributed by atoms with Crippen LogP contribution >= 0.6 is 0 Å². The zero-order valence-electron chi connectivity index (χ0n) is 22.2. The van der Waals surface area contributed by atoms with Gasteiger partial charge in [-0.15, -0.1) is 0 Å². The minimum absolute atomic E-state index is 0.126. The average Bonchev–Trinajstić information content (AvgIpc) is 3.34. The number of piperidine rings is 1. The van der Waals surface area contributed by atoms with Gasteiger partial charge in [0.2, 0.25) is 11.9 Å². The molecule has 1 aromatic rings. The van der Waals surface area contributed by atoms with E-state index >= 15 is 0 Å². The summed E-state index contributed by atoms with van der Waals surface area (Å²) < 4.78 is 5.53. The molecule has 1 aromatic heterocycles. The van der Waals surface area contributed by atoms with Gasteiger partial charge in [0.1, 0.15) is 17.3 Å². The van der Waals surface area contributed by atoms with Crippen LogP contribution in [0.15, 0.2) is 6.20 Å². The second-order valence-corrected chi connectivity index (χ2v) is 11.3. The summed E-state index contributed by atoms with van der Waals surface area (Å²) in [4.78, 5) is 40.8. The molecule has 194 valence electrons. The van der Waals surface area contributed by atoms with Gasteiger partial charge in [-0.1, -0.05) is 19.8 Å². The average molecular weight is 487 g/mol. The van der Waals surface area contributed by atoms with Gasteiger partial charge < -0.3 is 24.8 Å². The third-order valence-electron chi connectivity index (χ3n) is 7.67. The van der Waals surface area contributed by atoms with Crippen molar-refractivity contribution in [3.63, 3.8) is 0 Å². The van der Waals surface area contributed by atoms with Crippen LogP contribution in [-0.2, 0) is 9.53 Å². The van der Waals surface area contributed by atoms with Gasteiger partial charge in [-0.05, 0) is 65.7 Å². The van der Waals surface area contributed by atoms with E-state index in [0.717, 1.165) is 43.6 Å². The highest BCUT2D eigenvalue weighted by atomic mass is 16.6. The van der Waals surface area contributed by atoms with Crippen LogP contribution in [0.3, 0.4) is 0 Å². The van der Waals surface area contributed by atoms with Crippen LogP contribution < -0.4 is 15.1 Å². The lowest BCUT2D eigenvalue weighted by Crippen LogP contribution is -2.55. The molecule has 0 aromatic carbocycles. The van der Waals surface area contributed by atoms with E-state index in [1.807, 2.05) is 27.8 Å². The van der Waals surface area contributed by atoms with Gasteiger partial charge in [0.05, 0.1) is 6.20 Å². The molecular formula is C26H42N6O3. The molecule has 2 aliphatic heterocycles. The van der Waals surface area contributed by atoms with Crippen molar-refractivity contribution in [2.45, 2.75) is 103 Å². The Bertz CT molecular complexity index is 918. The third kappa shape index (κ3) is 5.48. The summed E-state index contributed by atoms with van der Waals surface area (Å²) in [5.74, 6) is 2.01. The molecule has 35 heavy (non-hydrogen) atoms. The summed E-state index contributed by atoms with van der Waals surface area (Å²) in [5.41, 5.74) is 0.310. The number of nitrogens with zero attached hydrogens (tertiary/aromatic N) is 5. The quantitative estimate of drug-likeness (QED) is 0.658. The Morgan fingerprint density at radius 3 is 2.46 bits per heavy atom. The lowest BCUT2D eigenvalue weighted by atomic mass is 9.90. The van der Waals surface area contributed by atoms with E-state index in [0.29, 0.717) is 31.0 Å². The van der Waals surface area contributed by atoms with Crippen molar-refractivity contribution >= 4 is 29.5 Å². The highest BCUT2D eigenvalue weighted by Crippen LogP contribution is 2.40. The van der Waals surface area contributed by atoms with Gasteiger partial charge >= 0.3 is 6.09 Å². The Morgan fingerprint density at radius 2 is 1.86 bits per heavy atom. The highest BCUT2D eigenvalue weighted by molar-refractivity contribution is 6.04. The van der Waals surface area contributed by atoms with E-state index < -0.39 is 5.60 Å². The molecule has 0 radical (unpaired) electrons. The second-order valence-electron chi connectivity index (χ2n) is 11.3. The van der Waals surface area contributed by atoms with Crippen LogP contribution in [0.1, 0.15) is 79.6 Å². The van der Waals surface area contributed by atoms with Crippen molar-refractivity contribution in [2.24, 2.45) is 5.92 Å². The Morgan fingerprint density at radius 1 is 1.20 bits per heavy atom. The normalized spacial score (nSPS) is 22.9. The number of anilines is 3. The SMILES string of the molecule is CC[C@@H]1C(=O)N(C)c2cnc(NC(C)C3CCN(C(=O)OC(C)(C)C)CC3)nc2N1C1CCCC1. The maximum atomic E-state index is 13.1. The summed E-state index contributed by atoms with van der Waals surface area (Å²) in [6, 6.07) is 0.348. The van der Waals surface area contributed by atoms with Crippen molar-refractivity contribution in [2.75, 3.05) is 35.3 Å². The molecule has 1 N–H and O–H groups in total. The Hall–Kier alpha value is -2.58. The molecule has 9 nitrogen and oxygen atoms in total. The fraction of sp³-hybridized carbons (Fsp3) is 0.769. The fourth-order valence-electron chi connectivity index (χ4n) is 5.68. The van der Waals surface area contributed by atoms with E-state index in [1.54, 1.807) is 16.0 Å². The van der Waals surface area contributed by atoms with Crippen LogP contribution in [0.4, 0.5) is 22.2 Å².